The van der Waals surface area contributed by atoms with Gasteiger partial charge in [0.15, 0.2) is 0 Å². The van der Waals surface area contributed by atoms with Crippen LogP contribution in [0.1, 0.15) is 41.8 Å². The molecular weight excluding hydrogens is 364 g/mol. The number of amides is 2. The zero-order chi connectivity index (χ0) is 19.4. The Labute approximate surface area is 162 Å². The predicted molar refractivity (Wildman–Crippen MR) is 105 cm³/mol. The molecule has 0 bridgehead atoms. The van der Waals surface area contributed by atoms with Crippen LogP contribution in [0.5, 0.6) is 0 Å². The summed E-state index contributed by atoms with van der Waals surface area (Å²) in [5, 5.41) is 12.2. The van der Waals surface area contributed by atoms with Gasteiger partial charge in [-0.15, -0.1) is 10.2 Å². The highest BCUT2D eigenvalue weighted by atomic mass is 32.1. The van der Waals surface area contributed by atoms with Gasteiger partial charge in [-0.2, -0.15) is 0 Å². The number of hydrogen-bond acceptors (Lipinski definition) is 6. The molecule has 1 aromatic carbocycles. The molecular formula is C19H24N4O3S. The summed E-state index contributed by atoms with van der Waals surface area (Å²) in [6.07, 6.45) is 0.686. The Morgan fingerprint density at radius 3 is 2.89 bits per heavy atom. The van der Waals surface area contributed by atoms with Crippen molar-refractivity contribution >= 4 is 34.0 Å². The lowest BCUT2D eigenvalue weighted by atomic mass is 10.1. The Bertz CT molecular complexity index is 836. The maximum Gasteiger partial charge on any atom is 0.228 e. The Balaban J connectivity index is 1.63. The van der Waals surface area contributed by atoms with Crippen molar-refractivity contribution in [1.82, 2.24) is 10.2 Å². The normalized spacial score (nSPS) is 16.8. The topological polar surface area (TPSA) is 84.4 Å². The Morgan fingerprint density at radius 1 is 1.33 bits per heavy atom. The highest BCUT2D eigenvalue weighted by Gasteiger charge is 2.34. The van der Waals surface area contributed by atoms with Crippen LogP contribution in [0.2, 0.25) is 0 Å². The summed E-state index contributed by atoms with van der Waals surface area (Å²) in [6.45, 7) is 7.54. The third-order valence-electron chi connectivity index (χ3n) is 4.64. The molecule has 144 valence electrons. The van der Waals surface area contributed by atoms with Crippen LogP contribution in [0, 0.1) is 13.8 Å². The van der Waals surface area contributed by atoms with Gasteiger partial charge < -0.3 is 15.0 Å². The minimum atomic E-state index is -0.148. The second kappa shape index (κ2) is 8.58. The Morgan fingerprint density at radius 2 is 2.15 bits per heavy atom. The van der Waals surface area contributed by atoms with Crippen LogP contribution >= 0.6 is 11.3 Å². The van der Waals surface area contributed by atoms with E-state index >= 15 is 0 Å². The van der Waals surface area contributed by atoms with Crippen molar-refractivity contribution in [2.45, 2.75) is 39.5 Å². The fraction of sp³-hybridized carbons (Fsp3) is 0.474. The number of hydrogen-bond donors (Lipinski definition) is 1. The molecule has 1 aliphatic rings. The second-order valence-electron chi connectivity index (χ2n) is 6.61. The highest BCUT2D eigenvalue weighted by Crippen LogP contribution is 2.34. The molecule has 0 spiro atoms. The van der Waals surface area contributed by atoms with Gasteiger partial charge >= 0.3 is 0 Å². The molecule has 1 saturated heterocycles. The minimum absolute atomic E-state index is 0.00862. The summed E-state index contributed by atoms with van der Waals surface area (Å²) in [5.74, 6) is -0.0724. The van der Waals surface area contributed by atoms with E-state index in [9.17, 15) is 9.59 Å². The first-order chi connectivity index (χ1) is 13.0. The number of nitrogens with one attached hydrogen (secondary N) is 1. The van der Waals surface area contributed by atoms with E-state index < -0.39 is 0 Å². The standard InChI is InChI=1S/C19H24N4O3S/c1-4-26-8-7-16(24)20-19-22-21-18(27-19)14-10-17(25)23(11-14)15-6-5-12(2)13(3)9-15/h5-6,9,14H,4,7-8,10-11H2,1-3H3,(H,20,22,24)/t14-/m0/s1. The van der Waals surface area contributed by atoms with Crippen molar-refractivity contribution in [3.05, 3.63) is 34.3 Å². The van der Waals surface area contributed by atoms with Gasteiger partial charge in [0.25, 0.3) is 0 Å². The lowest BCUT2D eigenvalue weighted by molar-refractivity contribution is -0.118. The molecule has 0 radical (unpaired) electrons. The predicted octanol–water partition coefficient (Wildman–Crippen LogP) is 3.04. The van der Waals surface area contributed by atoms with Gasteiger partial charge in [0.05, 0.1) is 13.0 Å². The molecule has 8 heteroatoms. The number of nitrogens with zero attached hydrogens (tertiary/aromatic N) is 3. The average molecular weight is 388 g/mol. The monoisotopic (exact) mass is 388 g/mol. The van der Waals surface area contributed by atoms with E-state index in [1.54, 1.807) is 4.90 Å². The van der Waals surface area contributed by atoms with E-state index in [2.05, 4.69) is 22.4 Å². The zero-order valence-electron chi connectivity index (χ0n) is 15.8. The number of rotatable bonds is 7. The molecule has 0 aliphatic carbocycles. The number of anilines is 2. The molecule has 7 nitrogen and oxygen atoms in total. The van der Waals surface area contributed by atoms with Crippen molar-refractivity contribution in [3.63, 3.8) is 0 Å². The first-order valence-electron chi connectivity index (χ1n) is 9.06. The fourth-order valence-electron chi connectivity index (χ4n) is 2.96. The SMILES string of the molecule is CCOCCC(=O)Nc1nnc([C@H]2CC(=O)N(c3ccc(C)c(C)c3)C2)s1. The summed E-state index contributed by atoms with van der Waals surface area (Å²) < 4.78 is 5.17. The highest BCUT2D eigenvalue weighted by molar-refractivity contribution is 7.15. The quantitative estimate of drug-likeness (QED) is 0.737. The number of ether oxygens (including phenoxy) is 1. The molecule has 0 unspecified atom stereocenters. The van der Waals surface area contributed by atoms with Crippen molar-refractivity contribution in [2.24, 2.45) is 0 Å². The summed E-state index contributed by atoms with van der Waals surface area (Å²) in [4.78, 5) is 26.1. The van der Waals surface area contributed by atoms with E-state index in [1.165, 1.54) is 16.9 Å². The summed E-state index contributed by atoms with van der Waals surface area (Å²) in [6, 6.07) is 6.05. The molecule has 0 saturated carbocycles. The number of carbonyl (C=O) groups is 2. The first-order valence-corrected chi connectivity index (χ1v) is 9.88. The zero-order valence-corrected chi connectivity index (χ0v) is 16.6. The van der Waals surface area contributed by atoms with Gasteiger partial charge in [0.1, 0.15) is 5.01 Å². The van der Waals surface area contributed by atoms with E-state index in [1.807, 2.05) is 32.0 Å². The maximum atomic E-state index is 12.5. The number of carbonyl (C=O) groups excluding carboxylic acids is 2. The maximum absolute atomic E-state index is 12.5. The Hall–Kier alpha value is -2.32. The van der Waals surface area contributed by atoms with Gasteiger partial charge in [-0.25, -0.2) is 0 Å². The van der Waals surface area contributed by atoms with Crippen LogP contribution in [-0.4, -0.2) is 41.8 Å². The molecule has 1 fully saturated rings. The second-order valence-corrected chi connectivity index (χ2v) is 7.62. The summed E-state index contributed by atoms with van der Waals surface area (Å²) in [5.41, 5.74) is 3.28. The van der Waals surface area contributed by atoms with E-state index in [-0.39, 0.29) is 24.2 Å². The van der Waals surface area contributed by atoms with Crippen LogP contribution in [0.3, 0.4) is 0 Å². The fourth-order valence-corrected chi connectivity index (χ4v) is 3.81. The van der Waals surface area contributed by atoms with Crippen molar-refractivity contribution < 1.29 is 14.3 Å². The minimum Gasteiger partial charge on any atom is -0.381 e. The van der Waals surface area contributed by atoms with Crippen molar-refractivity contribution in [3.8, 4) is 0 Å². The van der Waals surface area contributed by atoms with Crippen LogP contribution in [0.4, 0.5) is 10.8 Å². The van der Waals surface area contributed by atoms with Gasteiger partial charge in [-0.05, 0) is 44.0 Å². The van der Waals surface area contributed by atoms with E-state index in [0.29, 0.717) is 31.3 Å². The lowest BCUT2D eigenvalue weighted by Gasteiger charge is -2.17. The number of aryl methyl sites for hydroxylation is 2. The number of aromatic nitrogens is 2. The van der Waals surface area contributed by atoms with Crippen LogP contribution < -0.4 is 10.2 Å². The molecule has 2 heterocycles. The molecule has 3 rings (SSSR count). The summed E-state index contributed by atoms with van der Waals surface area (Å²) in [7, 11) is 0. The molecule has 1 atom stereocenters. The van der Waals surface area contributed by atoms with Gasteiger partial charge in [0.2, 0.25) is 16.9 Å². The van der Waals surface area contributed by atoms with E-state index in [0.717, 1.165) is 16.3 Å². The largest absolute Gasteiger partial charge is 0.381 e. The molecule has 1 aliphatic heterocycles. The molecule has 2 amide bonds. The molecule has 2 aromatic rings. The molecule has 1 N–H and O–H groups in total. The third-order valence-corrected chi connectivity index (χ3v) is 5.64. The van der Waals surface area contributed by atoms with Gasteiger partial charge in [-0.3, -0.25) is 9.59 Å². The van der Waals surface area contributed by atoms with Gasteiger partial charge in [0, 0.05) is 31.2 Å². The molecule has 1 aromatic heterocycles. The van der Waals surface area contributed by atoms with Crippen molar-refractivity contribution in [2.75, 3.05) is 30.0 Å². The van der Waals surface area contributed by atoms with Crippen LogP contribution in [0.25, 0.3) is 0 Å². The van der Waals surface area contributed by atoms with Crippen LogP contribution in [0.15, 0.2) is 18.2 Å². The third kappa shape index (κ3) is 4.70. The van der Waals surface area contributed by atoms with Crippen molar-refractivity contribution in [1.29, 1.82) is 0 Å². The Kier molecular flexibility index (Phi) is 6.18. The average Bonchev–Trinajstić information content (AvgIpc) is 3.24. The lowest BCUT2D eigenvalue weighted by Crippen LogP contribution is -2.24. The molecule has 27 heavy (non-hydrogen) atoms. The van der Waals surface area contributed by atoms with Crippen LogP contribution in [-0.2, 0) is 14.3 Å². The smallest absolute Gasteiger partial charge is 0.228 e. The summed E-state index contributed by atoms with van der Waals surface area (Å²) >= 11 is 1.33. The number of benzene rings is 1. The van der Waals surface area contributed by atoms with Gasteiger partial charge in [-0.1, -0.05) is 17.4 Å². The first kappa shape index (κ1) is 19.4. The van der Waals surface area contributed by atoms with E-state index in [4.69, 9.17) is 4.74 Å².